The van der Waals surface area contributed by atoms with Crippen LogP contribution in [-0.4, -0.2) is 32.8 Å². The first kappa shape index (κ1) is 13.7. The van der Waals surface area contributed by atoms with Gasteiger partial charge in [-0.15, -0.1) is 0 Å². The molecule has 0 aromatic heterocycles. The maximum Gasteiger partial charge on any atom is 0.328 e. The van der Waals surface area contributed by atoms with Crippen molar-refractivity contribution in [1.29, 1.82) is 0 Å². The molecule has 0 aliphatic carbocycles. The van der Waals surface area contributed by atoms with Crippen LogP contribution in [0.4, 0.5) is 5.69 Å². The quantitative estimate of drug-likeness (QED) is 0.361. The van der Waals surface area contributed by atoms with Crippen molar-refractivity contribution in [3.63, 3.8) is 0 Å². The van der Waals surface area contributed by atoms with E-state index in [-0.39, 0.29) is 6.54 Å². The van der Waals surface area contributed by atoms with Crippen molar-refractivity contribution in [1.82, 2.24) is 0 Å². The van der Waals surface area contributed by atoms with Crippen molar-refractivity contribution in [2.45, 2.75) is 6.04 Å². The lowest BCUT2D eigenvalue weighted by molar-refractivity contribution is -0.141. The Morgan fingerprint density at radius 3 is 2.61 bits per heavy atom. The van der Waals surface area contributed by atoms with Gasteiger partial charge in [0.25, 0.3) is 0 Å². The lowest BCUT2D eigenvalue weighted by Crippen LogP contribution is -2.33. The predicted molar refractivity (Wildman–Crippen MR) is 66.4 cm³/mol. The molecular weight excluding hydrogens is 236 g/mol. The summed E-state index contributed by atoms with van der Waals surface area (Å²) in [5.74, 6) is 0.225. The highest BCUT2D eigenvalue weighted by Gasteiger charge is 2.17. The number of methoxy groups -OCH3 is 2. The van der Waals surface area contributed by atoms with Gasteiger partial charge in [0, 0.05) is 10.6 Å². The SMILES string of the molecule is COC(=O)C(CN=[N+]=[N-])Nc1ccc(OC)cc1. The molecule has 1 atom stereocenters. The summed E-state index contributed by atoms with van der Waals surface area (Å²) in [6.07, 6.45) is 0. The fraction of sp³-hybridized carbons (Fsp3) is 0.364. The zero-order valence-electron chi connectivity index (χ0n) is 10.2. The second-order valence-corrected chi connectivity index (χ2v) is 3.36. The Morgan fingerprint density at radius 1 is 1.44 bits per heavy atom. The molecule has 0 heterocycles. The second kappa shape index (κ2) is 7.03. The van der Waals surface area contributed by atoms with Gasteiger partial charge in [0.05, 0.1) is 20.8 Å². The molecule has 0 saturated heterocycles. The fourth-order valence-electron chi connectivity index (χ4n) is 1.33. The molecule has 7 heteroatoms. The van der Waals surface area contributed by atoms with Gasteiger partial charge in [-0.2, -0.15) is 0 Å². The van der Waals surface area contributed by atoms with E-state index < -0.39 is 12.0 Å². The van der Waals surface area contributed by atoms with Crippen LogP contribution in [-0.2, 0) is 9.53 Å². The van der Waals surface area contributed by atoms with Crippen LogP contribution in [0, 0.1) is 0 Å². The van der Waals surface area contributed by atoms with Crippen molar-refractivity contribution in [2.75, 3.05) is 26.1 Å². The molecule has 0 fully saturated rings. The van der Waals surface area contributed by atoms with Crippen LogP contribution in [0.2, 0.25) is 0 Å². The normalized spacial score (nSPS) is 11.0. The van der Waals surface area contributed by atoms with Crippen molar-refractivity contribution < 1.29 is 14.3 Å². The Hall–Kier alpha value is -2.40. The molecule has 1 rings (SSSR count). The third-order valence-corrected chi connectivity index (χ3v) is 2.24. The summed E-state index contributed by atoms with van der Waals surface area (Å²) in [6.45, 7) is -0.0186. The van der Waals surface area contributed by atoms with Crippen molar-refractivity contribution in [2.24, 2.45) is 5.11 Å². The van der Waals surface area contributed by atoms with E-state index in [1.54, 1.807) is 31.4 Å². The molecule has 1 aromatic rings. The topological polar surface area (TPSA) is 96.3 Å². The van der Waals surface area contributed by atoms with Crippen LogP contribution in [0.1, 0.15) is 0 Å². The molecule has 0 amide bonds. The molecule has 0 saturated carbocycles. The highest BCUT2D eigenvalue weighted by molar-refractivity contribution is 5.79. The summed E-state index contributed by atoms with van der Waals surface area (Å²) >= 11 is 0. The van der Waals surface area contributed by atoms with E-state index in [2.05, 4.69) is 20.1 Å². The molecule has 18 heavy (non-hydrogen) atoms. The minimum Gasteiger partial charge on any atom is -0.497 e. The molecule has 7 nitrogen and oxygen atoms in total. The lowest BCUT2D eigenvalue weighted by Gasteiger charge is -2.15. The van der Waals surface area contributed by atoms with E-state index in [0.717, 1.165) is 0 Å². The lowest BCUT2D eigenvalue weighted by atomic mass is 10.2. The molecular formula is C11H14N4O3. The van der Waals surface area contributed by atoms with Crippen LogP contribution >= 0.6 is 0 Å². The predicted octanol–water partition coefficient (Wildman–Crippen LogP) is 1.96. The number of azide groups is 1. The van der Waals surface area contributed by atoms with Crippen LogP contribution in [0.3, 0.4) is 0 Å². The highest BCUT2D eigenvalue weighted by Crippen LogP contribution is 2.16. The first-order valence-corrected chi connectivity index (χ1v) is 5.20. The summed E-state index contributed by atoms with van der Waals surface area (Å²) in [6, 6.07) is 6.31. The zero-order valence-corrected chi connectivity index (χ0v) is 10.2. The molecule has 96 valence electrons. The van der Waals surface area contributed by atoms with Gasteiger partial charge in [-0.1, -0.05) is 5.11 Å². The number of hydrogen-bond donors (Lipinski definition) is 1. The number of nitrogens with one attached hydrogen (secondary N) is 1. The number of rotatable bonds is 6. The molecule has 1 N–H and O–H groups in total. The number of esters is 1. The van der Waals surface area contributed by atoms with Gasteiger partial charge in [0.15, 0.2) is 0 Å². The Kier molecular flexibility index (Phi) is 5.34. The number of hydrogen-bond acceptors (Lipinski definition) is 5. The van der Waals surface area contributed by atoms with E-state index in [9.17, 15) is 4.79 Å². The van der Waals surface area contributed by atoms with Gasteiger partial charge in [0.2, 0.25) is 0 Å². The molecule has 0 radical (unpaired) electrons. The van der Waals surface area contributed by atoms with Crippen LogP contribution in [0.15, 0.2) is 29.4 Å². The number of benzene rings is 1. The summed E-state index contributed by atoms with van der Waals surface area (Å²) in [5.41, 5.74) is 8.97. The van der Waals surface area contributed by atoms with Gasteiger partial charge < -0.3 is 14.8 Å². The number of nitrogens with zero attached hydrogens (tertiary/aromatic N) is 3. The summed E-state index contributed by atoms with van der Waals surface area (Å²) in [7, 11) is 2.85. The van der Waals surface area contributed by atoms with Crippen LogP contribution in [0.25, 0.3) is 10.4 Å². The first-order valence-electron chi connectivity index (χ1n) is 5.20. The van der Waals surface area contributed by atoms with Gasteiger partial charge in [-0.25, -0.2) is 4.79 Å². The summed E-state index contributed by atoms with van der Waals surface area (Å²) in [4.78, 5) is 14.1. The minimum absolute atomic E-state index is 0.0186. The van der Waals surface area contributed by atoms with E-state index in [1.165, 1.54) is 7.11 Å². The second-order valence-electron chi connectivity index (χ2n) is 3.36. The van der Waals surface area contributed by atoms with Crippen molar-refractivity contribution in [3.8, 4) is 5.75 Å². The number of carbonyl (C=O) groups excluding carboxylic acids is 1. The average molecular weight is 250 g/mol. The van der Waals surface area contributed by atoms with Crippen LogP contribution in [0.5, 0.6) is 5.75 Å². The summed E-state index contributed by atoms with van der Waals surface area (Å²) in [5, 5.41) is 6.28. The number of anilines is 1. The van der Waals surface area contributed by atoms with Crippen LogP contribution < -0.4 is 10.1 Å². The maximum absolute atomic E-state index is 11.5. The monoisotopic (exact) mass is 250 g/mol. The van der Waals surface area contributed by atoms with Crippen molar-refractivity contribution >= 4 is 11.7 Å². The highest BCUT2D eigenvalue weighted by atomic mass is 16.5. The third-order valence-electron chi connectivity index (χ3n) is 2.24. The maximum atomic E-state index is 11.5. The summed E-state index contributed by atoms with van der Waals surface area (Å²) < 4.78 is 9.64. The standard InChI is InChI=1S/C11H14N4O3/c1-17-9-5-3-8(4-6-9)14-10(7-13-15-12)11(16)18-2/h3-6,10,14H,7H2,1-2H3. The minimum atomic E-state index is -0.709. The Balaban J connectivity index is 2.74. The largest absolute Gasteiger partial charge is 0.497 e. The Bertz CT molecular complexity index is 440. The number of carbonyl (C=O) groups is 1. The zero-order chi connectivity index (χ0) is 13.4. The molecule has 1 unspecified atom stereocenters. The molecule has 0 aliphatic heterocycles. The molecule has 0 spiro atoms. The van der Waals surface area contributed by atoms with Gasteiger partial charge >= 0.3 is 5.97 Å². The van der Waals surface area contributed by atoms with Gasteiger partial charge in [-0.05, 0) is 29.8 Å². The van der Waals surface area contributed by atoms with E-state index in [1.807, 2.05) is 0 Å². The van der Waals surface area contributed by atoms with Gasteiger partial charge in [-0.3, -0.25) is 0 Å². The number of ether oxygens (including phenoxy) is 2. The smallest absolute Gasteiger partial charge is 0.328 e. The average Bonchev–Trinajstić information content (AvgIpc) is 2.43. The van der Waals surface area contributed by atoms with E-state index in [4.69, 9.17) is 10.3 Å². The molecule has 1 aromatic carbocycles. The fourth-order valence-corrected chi connectivity index (χ4v) is 1.33. The van der Waals surface area contributed by atoms with E-state index in [0.29, 0.717) is 11.4 Å². The first-order chi connectivity index (χ1) is 8.71. The Labute approximate surface area is 104 Å². The van der Waals surface area contributed by atoms with E-state index >= 15 is 0 Å². The Morgan fingerprint density at radius 2 is 2.11 bits per heavy atom. The van der Waals surface area contributed by atoms with Crippen molar-refractivity contribution in [3.05, 3.63) is 34.7 Å². The molecule has 0 bridgehead atoms. The third kappa shape index (κ3) is 3.88. The molecule has 0 aliphatic rings. The van der Waals surface area contributed by atoms with Gasteiger partial charge in [0.1, 0.15) is 11.8 Å².